The molecule has 144 valence electrons. The quantitative estimate of drug-likeness (QED) is 0.443. The first-order valence-electron chi connectivity index (χ1n) is 8.04. The number of nitrogens with one attached hydrogen (secondary N) is 2. The van der Waals surface area contributed by atoms with E-state index in [1.54, 1.807) is 24.3 Å². The summed E-state index contributed by atoms with van der Waals surface area (Å²) in [5, 5.41) is 12.5. The highest BCUT2D eigenvalue weighted by molar-refractivity contribution is 7.99. The molecule has 3 aromatic rings. The molecule has 1 heterocycles. The number of benzene rings is 2. The Morgan fingerprint density at radius 3 is 2.50 bits per heavy atom. The Morgan fingerprint density at radius 1 is 1.04 bits per heavy atom. The van der Waals surface area contributed by atoms with E-state index in [2.05, 4.69) is 26.4 Å². The molecule has 0 fully saturated rings. The summed E-state index contributed by atoms with van der Waals surface area (Å²) in [5.41, 5.74) is 5.37. The number of hydrogen-bond acceptors (Lipinski definition) is 7. The van der Waals surface area contributed by atoms with Gasteiger partial charge in [0.1, 0.15) is 5.75 Å². The fourth-order valence-corrected chi connectivity index (χ4v) is 2.84. The Balaban J connectivity index is 1.41. The maximum absolute atomic E-state index is 11.9. The zero-order valence-electron chi connectivity index (χ0n) is 14.4. The third kappa shape index (κ3) is 5.69. The number of carbonyl (C=O) groups excluding carboxylic acids is 2. The Morgan fingerprint density at radius 2 is 1.75 bits per heavy atom. The standard InChI is InChI=1S/C17H15ClN6O3S/c18-12-6-8-14(9-7-12)27-10-15(25)19-20-16(26)11-28-17-21-22-23-24(17)13-4-2-1-3-5-13/h1-9H,10-11H2,(H,19,25)(H,20,26). The van der Waals surface area contributed by atoms with Crippen LogP contribution in [0.5, 0.6) is 5.75 Å². The zero-order valence-corrected chi connectivity index (χ0v) is 16.0. The number of aromatic nitrogens is 4. The van der Waals surface area contributed by atoms with Gasteiger partial charge >= 0.3 is 0 Å². The number of tetrazole rings is 1. The average Bonchev–Trinajstić information content (AvgIpc) is 3.19. The number of rotatable bonds is 7. The van der Waals surface area contributed by atoms with Gasteiger partial charge in [0.05, 0.1) is 11.4 Å². The molecule has 2 aromatic carbocycles. The van der Waals surface area contributed by atoms with Crippen molar-refractivity contribution in [1.82, 2.24) is 31.1 Å². The summed E-state index contributed by atoms with van der Waals surface area (Å²) in [4.78, 5) is 23.7. The third-order valence-electron chi connectivity index (χ3n) is 3.30. The van der Waals surface area contributed by atoms with Crippen molar-refractivity contribution < 1.29 is 14.3 Å². The van der Waals surface area contributed by atoms with Crippen molar-refractivity contribution in [2.24, 2.45) is 0 Å². The smallest absolute Gasteiger partial charge is 0.276 e. The summed E-state index contributed by atoms with van der Waals surface area (Å²) in [5.74, 6) is -0.394. The van der Waals surface area contributed by atoms with Crippen LogP contribution in [0.1, 0.15) is 0 Å². The fourth-order valence-electron chi connectivity index (χ4n) is 2.02. The first-order chi connectivity index (χ1) is 13.6. The second-order valence-electron chi connectivity index (χ2n) is 5.34. The molecule has 0 aliphatic rings. The minimum absolute atomic E-state index is 0.0194. The zero-order chi connectivity index (χ0) is 19.8. The average molecular weight is 419 g/mol. The second kappa shape index (κ2) is 9.72. The summed E-state index contributed by atoms with van der Waals surface area (Å²) in [6.45, 7) is -0.249. The van der Waals surface area contributed by atoms with Gasteiger partial charge in [0.25, 0.3) is 5.91 Å². The van der Waals surface area contributed by atoms with Gasteiger partial charge in [-0.3, -0.25) is 20.4 Å². The van der Waals surface area contributed by atoms with Crippen molar-refractivity contribution >= 4 is 35.2 Å². The van der Waals surface area contributed by atoms with E-state index >= 15 is 0 Å². The molecule has 0 radical (unpaired) electrons. The van der Waals surface area contributed by atoms with Gasteiger partial charge in [-0.25, -0.2) is 0 Å². The van der Waals surface area contributed by atoms with Gasteiger partial charge in [0.15, 0.2) is 6.61 Å². The first-order valence-corrected chi connectivity index (χ1v) is 9.41. The molecule has 0 aliphatic carbocycles. The first kappa shape index (κ1) is 19.6. The van der Waals surface area contributed by atoms with Gasteiger partial charge in [0.2, 0.25) is 11.1 Å². The monoisotopic (exact) mass is 418 g/mol. The molecule has 1 aromatic heterocycles. The molecule has 9 nitrogen and oxygen atoms in total. The van der Waals surface area contributed by atoms with E-state index in [0.717, 1.165) is 17.4 Å². The number of amides is 2. The highest BCUT2D eigenvalue weighted by Crippen LogP contribution is 2.17. The maximum atomic E-state index is 11.9. The Bertz CT molecular complexity index is 936. The second-order valence-corrected chi connectivity index (χ2v) is 6.72. The summed E-state index contributed by atoms with van der Waals surface area (Å²) in [7, 11) is 0. The van der Waals surface area contributed by atoms with Gasteiger partial charge < -0.3 is 4.74 Å². The summed E-state index contributed by atoms with van der Waals surface area (Å²) in [6, 6.07) is 15.9. The van der Waals surface area contributed by atoms with Crippen molar-refractivity contribution in [3.8, 4) is 11.4 Å². The Kier molecular flexibility index (Phi) is 6.82. The van der Waals surface area contributed by atoms with Gasteiger partial charge in [0, 0.05) is 5.02 Å². The van der Waals surface area contributed by atoms with Crippen molar-refractivity contribution in [2.45, 2.75) is 5.16 Å². The number of para-hydroxylation sites is 1. The van der Waals surface area contributed by atoms with Crippen molar-refractivity contribution in [1.29, 1.82) is 0 Å². The molecule has 2 N–H and O–H groups in total. The van der Waals surface area contributed by atoms with E-state index in [1.807, 2.05) is 30.3 Å². The minimum atomic E-state index is -0.498. The lowest BCUT2D eigenvalue weighted by Crippen LogP contribution is -2.44. The number of thioether (sulfide) groups is 1. The Hall–Kier alpha value is -3.11. The predicted octanol–water partition coefficient (Wildman–Crippen LogP) is 1.63. The largest absolute Gasteiger partial charge is 0.484 e. The van der Waals surface area contributed by atoms with E-state index in [-0.39, 0.29) is 12.4 Å². The van der Waals surface area contributed by atoms with Crippen LogP contribution in [0.25, 0.3) is 5.69 Å². The molecule has 0 unspecified atom stereocenters. The third-order valence-corrected chi connectivity index (χ3v) is 4.47. The molecule has 2 amide bonds. The molecule has 0 bridgehead atoms. The molecule has 28 heavy (non-hydrogen) atoms. The lowest BCUT2D eigenvalue weighted by Gasteiger charge is -2.09. The van der Waals surface area contributed by atoms with Gasteiger partial charge in [-0.2, -0.15) is 4.68 Å². The maximum Gasteiger partial charge on any atom is 0.276 e. The summed E-state index contributed by atoms with van der Waals surface area (Å²) < 4.78 is 6.81. The Labute approximate surface area is 169 Å². The van der Waals surface area contributed by atoms with E-state index in [9.17, 15) is 9.59 Å². The van der Waals surface area contributed by atoms with Crippen LogP contribution in [-0.4, -0.2) is 44.4 Å². The van der Waals surface area contributed by atoms with E-state index in [4.69, 9.17) is 16.3 Å². The highest BCUT2D eigenvalue weighted by Gasteiger charge is 2.12. The molecule has 0 aliphatic heterocycles. The topological polar surface area (TPSA) is 111 Å². The lowest BCUT2D eigenvalue weighted by molar-refractivity contribution is -0.128. The molecule has 0 saturated heterocycles. The SMILES string of the molecule is O=C(COc1ccc(Cl)cc1)NNC(=O)CSc1nnnn1-c1ccccc1. The minimum Gasteiger partial charge on any atom is -0.484 e. The molecule has 3 rings (SSSR count). The summed E-state index contributed by atoms with van der Waals surface area (Å²) >= 11 is 6.91. The summed E-state index contributed by atoms with van der Waals surface area (Å²) in [6.07, 6.45) is 0. The van der Waals surface area contributed by atoms with Crippen LogP contribution >= 0.6 is 23.4 Å². The molecule has 0 atom stereocenters. The number of carbonyl (C=O) groups is 2. The van der Waals surface area contributed by atoms with Gasteiger partial charge in [-0.15, -0.1) is 5.10 Å². The predicted molar refractivity (Wildman–Crippen MR) is 103 cm³/mol. The highest BCUT2D eigenvalue weighted by atomic mass is 35.5. The normalized spacial score (nSPS) is 10.3. The van der Waals surface area contributed by atoms with Crippen molar-refractivity contribution in [3.05, 3.63) is 59.6 Å². The molecular formula is C17H15ClN6O3S. The van der Waals surface area contributed by atoms with Gasteiger partial charge in [-0.1, -0.05) is 41.6 Å². The van der Waals surface area contributed by atoms with Crippen molar-refractivity contribution in [3.63, 3.8) is 0 Å². The lowest BCUT2D eigenvalue weighted by atomic mass is 10.3. The number of ether oxygens (including phenoxy) is 1. The van der Waals surface area contributed by atoms with Crippen molar-refractivity contribution in [2.75, 3.05) is 12.4 Å². The van der Waals surface area contributed by atoms with Crippen LogP contribution in [0.15, 0.2) is 59.8 Å². The number of halogens is 1. The van der Waals surface area contributed by atoms with Crippen LogP contribution in [0, 0.1) is 0 Å². The van der Waals surface area contributed by atoms with Crippen LogP contribution in [-0.2, 0) is 9.59 Å². The van der Waals surface area contributed by atoms with Gasteiger partial charge in [-0.05, 0) is 46.8 Å². The van der Waals surface area contributed by atoms with E-state index in [0.29, 0.717) is 15.9 Å². The molecule has 11 heteroatoms. The van der Waals surface area contributed by atoms with Crippen LogP contribution in [0.3, 0.4) is 0 Å². The van der Waals surface area contributed by atoms with E-state index in [1.165, 1.54) is 4.68 Å². The number of hydrazine groups is 1. The number of hydrogen-bond donors (Lipinski definition) is 2. The van der Waals surface area contributed by atoms with Crippen LogP contribution in [0.2, 0.25) is 5.02 Å². The molecule has 0 spiro atoms. The fraction of sp³-hybridized carbons (Fsp3) is 0.118. The van der Waals surface area contributed by atoms with E-state index < -0.39 is 11.8 Å². The molecule has 0 saturated carbocycles. The number of nitrogens with zero attached hydrogens (tertiary/aromatic N) is 4. The van der Waals surface area contributed by atoms with Crippen LogP contribution in [0.4, 0.5) is 0 Å². The van der Waals surface area contributed by atoms with Crippen LogP contribution < -0.4 is 15.6 Å². The molecular weight excluding hydrogens is 404 g/mol.